The van der Waals surface area contributed by atoms with Crippen molar-refractivity contribution in [1.29, 1.82) is 0 Å². The third-order valence-electron chi connectivity index (χ3n) is 1.97. The molecular formula is C8H8FN5O6. The van der Waals surface area contributed by atoms with Gasteiger partial charge in [0.2, 0.25) is 16.8 Å². The van der Waals surface area contributed by atoms with Gasteiger partial charge in [-0.2, -0.15) is 9.40 Å². The quantitative estimate of drug-likeness (QED) is 0.345. The number of benzene rings is 1. The minimum atomic E-state index is -1.35. The molecule has 1 rings (SSSR count). The molecule has 0 atom stereocenters. The normalized spacial score (nSPS) is 11.1. The van der Waals surface area contributed by atoms with Crippen LogP contribution in [0.2, 0.25) is 0 Å². The first-order valence-corrected chi connectivity index (χ1v) is 4.88. The smallest absolute Gasteiger partial charge is 0.321 e. The van der Waals surface area contributed by atoms with Gasteiger partial charge in [-0.25, -0.2) is 0 Å². The summed E-state index contributed by atoms with van der Waals surface area (Å²) in [4.78, 5) is 23.4. The minimum Gasteiger partial charge on any atom is -0.569 e. The molecule has 0 bridgehead atoms. The van der Waals surface area contributed by atoms with E-state index in [1.54, 1.807) is 0 Å². The zero-order valence-electron chi connectivity index (χ0n) is 10.2. The van der Waals surface area contributed by atoms with E-state index >= 15 is 0 Å². The summed E-state index contributed by atoms with van der Waals surface area (Å²) in [6.45, 7) is 0. The summed E-state index contributed by atoms with van der Waals surface area (Å²) in [5, 5.41) is 36.1. The molecule has 12 heteroatoms. The van der Waals surface area contributed by atoms with E-state index in [4.69, 9.17) is 0 Å². The lowest BCUT2D eigenvalue weighted by atomic mass is 10.2. The molecule has 0 amide bonds. The van der Waals surface area contributed by atoms with Crippen molar-refractivity contribution in [2.24, 2.45) is 5.28 Å². The number of hydrazine groups is 1. The highest BCUT2D eigenvalue weighted by Crippen LogP contribution is 2.33. The van der Waals surface area contributed by atoms with Crippen LogP contribution in [0.3, 0.4) is 0 Å². The maximum absolute atomic E-state index is 13.3. The summed E-state index contributed by atoms with van der Waals surface area (Å²) in [6, 6.07) is 0.786. The van der Waals surface area contributed by atoms with Gasteiger partial charge in [-0.1, -0.05) is 0 Å². The fourth-order valence-electron chi connectivity index (χ4n) is 1.04. The summed E-state index contributed by atoms with van der Waals surface area (Å²) in [5.41, 5.74) is -1.98. The number of halogens is 1. The van der Waals surface area contributed by atoms with Crippen LogP contribution in [0.1, 0.15) is 0 Å². The van der Waals surface area contributed by atoms with Crippen molar-refractivity contribution in [3.8, 4) is 5.75 Å². The van der Waals surface area contributed by atoms with Crippen molar-refractivity contribution >= 4 is 11.4 Å². The van der Waals surface area contributed by atoms with Gasteiger partial charge in [0.05, 0.1) is 28.9 Å². The average Bonchev–Trinajstić information content (AvgIpc) is 2.34. The molecule has 0 radical (unpaired) electrons. The number of rotatable bonds is 5. The van der Waals surface area contributed by atoms with Crippen molar-refractivity contribution in [2.45, 2.75) is 0 Å². The Morgan fingerprint density at radius 2 is 1.70 bits per heavy atom. The number of hydrogen-bond donors (Lipinski definition) is 0. The topological polar surface area (TPSA) is 137 Å². The van der Waals surface area contributed by atoms with Gasteiger partial charge in [0, 0.05) is 6.07 Å². The van der Waals surface area contributed by atoms with Crippen LogP contribution in [0, 0.1) is 31.3 Å². The predicted molar refractivity (Wildman–Crippen MR) is 60.1 cm³/mol. The van der Waals surface area contributed by atoms with Gasteiger partial charge in [-0.05, 0) is 0 Å². The van der Waals surface area contributed by atoms with E-state index in [0.29, 0.717) is 12.1 Å². The molecule has 108 valence electrons. The fourth-order valence-corrected chi connectivity index (χ4v) is 1.04. The summed E-state index contributed by atoms with van der Waals surface area (Å²) < 4.78 is 13.3. The molecule has 0 saturated heterocycles. The van der Waals surface area contributed by atoms with E-state index in [-0.39, 0.29) is 4.97 Å². The lowest BCUT2D eigenvalue weighted by Gasteiger charge is -2.05. The van der Waals surface area contributed by atoms with Crippen LogP contribution in [-0.2, 0) is 0 Å². The first-order chi connectivity index (χ1) is 9.23. The first kappa shape index (κ1) is 15.0. The first-order valence-electron chi connectivity index (χ1n) is 4.88. The van der Waals surface area contributed by atoms with Crippen LogP contribution in [0.15, 0.2) is 17.4 Å². The summed E-state index contributed by atoms with van der Waals surface area (Å²) in [5.74, 6) is -2.09. The standard InChI is InChI=1S/C8H8FN5O6/c1-11(2)14(19)10-20-8-3-5(9)6(12(15)16)4-7(8)13(17)18/h3-4H,1-2H3/b14-10-. The average molecular weight is 289 g/mol. The van der Waals surface area contributed by atoms with Crippen molar-refractivity contribution in [1.82, 2.24) is 5.01 Å². The lowest BCUT2D eigenvalue weighted by molar-refractivity contribution is -0.695. The van der Waals surface area contributed by atoms with E-state index in [1.807, 2.05) is 0 Å². The van der Waals surface area contributed by atoms with E-state index in [1.165, 1.54) is 14.1 Å². The molecule has 0 saturated carbocycles. The highest BCUT2D eigenvalue weighted by molar-refractivity contribution is 5.54. The Kier molecular flexibility index (Phi) is 4.30. The molecule has 1 aromatic rings. The van der Waals surface area contributed by atoms with Crippen LogP contribution in [0.5, 0.6) is 5.75 Å². The van der Waals surface area contributed by atoms with Gasteiger partial charge in [0.15, 0.2) is 0 Å². The largest absolute Gasteiger partial charge is 0.569 e. The van der Waals surface area contributed by atoms with Crippen molar-refractivity contribution in [2.75, 3.05) is 14.1 Å². The van der Waals surface area contributed by atoms with Crippen LogP contribution >= 0.6 is 0 Å². The predicted octanol–water partition coefficient (Wildman–Crippen LogP) is 1.37. The Bertz CT molecular complexity index is 589. The number of nitro benzene ring substituents is 2. The number of nitrogens with zero attached hydrogens (tertiary/aromatic N) is 5. The fraction of sp³-hybridized carbons (Fsp3) is 0.250. The van der Waals surface area contributed by atoms with Gasteiger partial charge in [-0.15, -0.1) is 0 Å². The molecule has 0 N–H and O–H groups in total. The van der Waals surface area contributed by atoms with Crippen LogP contribution in [-0.4, -0.2) is 33.9 Å². The van der Waals surface area contributed by atoms with Gasteiger partial charge in [0.1, 0.15) is 6.07 Å². The second-order valence-electron chi connectivity index (χ2n) is 3.56. The molecule has 0 aromatic heterocycles. The van der Waals surface area contributed by atoms with Crippen molar-refractivity contribution in [3.63, 3.8) is 0 Å². The molecule has 0 aliphatic heterocycles. The summed E-state index contributed by atoms with van der Waals surface area (Å²) >= 11 is 0. The van der Waals surface area contributed by atoms with E-state index in [2.05, 4.69) is 10.1 Å². The molecule has 1 aromatic carbocycles. The molecule has 0 unspecified atom stereocenters. The minimum absolute atomic E-state index is 0.0664. The van der Waals surface area contributed by atoms with E-state index < -0.39 is 32.8 Å². The van der Waals surface area contributed by atoms with Crippen LogP contribution in [0.4, 0.5) is 15.8 Å². The van der Waals surface area contributed by atoms with Crippen molar-refractivity contribution < 1.29 is 24.0 Å². The monoisotopic (exact) mass is 289 g/mol. The van der Waals surface area contributed by atoms with E-state index in [0.717, 1.165) is 5.01 Å². The zero-order chi connectivity index (χ0) is 15.4. The SMILES string of the molecule is CN(C)/[N+]([O-])=N/Oc1cc(F)c([N+](=O)[O-])cc1[N+](=O)[O-]. The Morgan fingerprint density at radius 3 is 2.15 bits per heavy atom. The zero-order valence-corrected chi connectivity index (χ0v) is 10.2. The Balaban J connectivity index is 3.26. The van der Waals surface area contributed by atoms with Gasteiger partial charge < -0.3 is 5.21 Å². The van der Waals surface area contributed by atoms with E-state index in [9.17, 15) is 29.8 Å². The molecule has 0 aliphatic rings. The third-order valence-corrected chi connectivity index (χ3v) is 1.97. The highest BCUT2D eigenvalue weighted by atomic mass is 19.1. The maximum atomic E-state index is 13.3. The van der Waals surface area contributed by atoms with Crippen LogP contribution in [0.25, 0.3) is 0 Å². The summed E-state index contributed by atoms with van der Waals surface area (Å²) in [6.07, 6.45) is 0. The Morgan fingerprint density at radius 1 is 1.15 bits per heavy atom. The maximum Gasteiger partial charge on any atom is 0.321 e. The molecule has 11 nitrogen and oxygen atoms in total. The number of hydrogen-bond acceptors (Lipinski definition) is 7. The highest BCUT2D eigenvalue weighted by Gasteiger charge is 2.27. The van der Waals surface area contributed by atoms with Gasteiger partial charge in [0.25, 0.3) is 0 Å². The molecule has 0 aliphatic carbocycles. The van der Waals surface area contributed by atoms with Crippen LogP contribution < -0.4 is 4.84 Å². The second kappa shape index (κ2) is 5.73. The Hall–Kier alpha value is -3.05. The lowest BCUT2D eigenvalue weighted by Crippen LogP contribution is -2.21. The second-order valence-corrected chi connectivity index (χ2v) is 3.56. The molecule has 0 spiro atoms. The molecule has 20 heavy (non-hydrogen) atoms. The molecule has 0 fully saturated rings. The summed E-state index contributed by atoms with van der Waals surface area (Å²) in [7, 11) is 2.62. The Labute approximate surface area is 110 Å². The number of nitro groups is 2. The van der Waals surface area contributed by atoms with Gasteiger partial charge >= 0.3 is 11.4 Å². The third kappa shape index (κ3) is 3.24. The molecular weight excluding hydrogens is 281 g/mol. The molecule has 0 heterocycles. The van der Waals surface area contributed by atoms with Crippen molar-refractivity contribution in [3.05, 3.63) is 43.4 Å². The van der Waals surface area contributed by atoms with Gasteiger partial charge in [-0.3, -0.25) is 25.1 Å².